The molecule has 98 valence electrons. The number of rotatable bonds is 2. The topological polar surface area (TPSA) is 0 Å². The van der Waals surface area contributed by atoms with Gasteiger partial charge in [0.1, 0.15) is 5.82 Å². The van der Waals surface area contributed by atoms with Crippen LogP contribution in [0.3, 0.4) is 0 Å². The molecular weight excluding hydrogens is 259 g/mol. The lowest BCUT2D eigenvalue weighted by Crippen LogP contribution is -1.99. The van der Waals surface area contributed by atoms with Gasteiger partial charge in [-0.05, 0) is 48.4 Å². The van der Waals surface area contributed by atoms with Crippen LogP contribution in [-0.2, 0) is 12.8 Å². The van der Waals surface area contributed by atoms with Gasteiger partial charge >= 0.3 is 0 Å². The summed E-state index contributed by atoms with van der Waals surface area (Å²) in [6.45, 7) is 1.77. The molecule has 0 saturated carbocycles. The van der Waals surface area contributed by atoms with Crippen molar-refractivity contribution >= 4 is 11.6 Å². The second-order valence-electron chi connectivity index (χ2n) is 5.22. The van der Waals surface area contributed by atoms with Gasteiger partial charge in [0.2, 0.25) is 0 Å². The maximum atomic E-state index is 14.1. The van der Waals surface area contributed by atoms with Crippen LogP contribution in [0.2, 0.25) is 0 Å². The Balaban J connectivity index is 2.00. The fraction of sp³-hybridized carbons (Fsp3) is 0.294. The number of aryl methyl sites for hydroxylation is 3. The van der Waals surface area contributed by atoms with E-state index in [1.54, 1.807) is 19.1 Å². The van der Waals surface area contributed by atoms with E-state index in [0.717, 1.165) is 18.4 Å². The zero-order chi connectivity index (χ0) is 13.4. The highest BCUT2D eigenvalue weighted by Gasteiger charge is 2.19. The van der Waals surface area contributed by atoms with Crippen molar-refractivity contribution in [1.82, 2.24) is 0 Å². The number of hydrogen-bond donors (Lipinski definition) is 0. The van der Waals surface area contributed by atoms with E-state index in [9.17, 15) is 4.39 Å². The summed E-state index contributed by atoms with van der Waals surface area (Å²) in [7, 11) is 0. The second-order valence-corrected chi connectivity index (χ2v) is 5.66. The van der Waals surface area contributed by atoms with Crippen LogP contribution in [0.5, 0.6) is 0 Å². The predicted octanol–water partition coefficient (Wildman–Crippen LogP) is 4.95. The van der Waals surface area contributed by atoms with Gasteiger partial charge in [-0.25, -0.2) is 4.39 Å². The number of hydrogen-bond acceptors (Lipinski definition) is 0. The van der Waals surface area contributed by atoms with E-state index in [1.165, 1.54) is 17.5 Å². The van der Waals surface area contributed by atoms with Crippen LogP contribution in [0.15, 0.2) is 36.4 Å². The van der Waals surface area contributed by atoms with E-state index < -0.39 is 5.38 Å². The third-order valence-electron chi connectivity index (χ3n) is 3.91. The molecule has 2 aromatic rings. The molecule has 0 amide bonds. The van der Waals surface area contributed by atoms with E-state index in [-0.39, 0.29) is 5.82 Å². The van der Waals surface area contributed by atoms with Gasteiger partial charge in [0.25, 0.3) is 0 Å². The van der Waals surface area contributed by atoms with Crippen LogP contribution in [0.1, 0.15) is 39.6 Å². The minimum Gasteiger partial charge on any atom is -0.206 e. The zero-order valence-electron chi connectivity index (χ0n) is 10.9. The monoisotopic (exact) mass is 274 g/mol. The minimum absolute atomic E-state index is 0.192. The molecule has 0 spiro atoms. The van der Waals surface area contributed by atoms with Gasteiger partial charge in [-0.3, -0.25) is 0 Å². The third-order valence-corrected chi connectivity index (χ3v) is 4.40. The lowest BCUT2D eigenvalue weighted by molar-refractivity contribution is 0.603. The second kappa shape index (κ2) is 4.97. The van der Waals surface area contributed by atoms with Crippen molar-refractivity contribution in [1.29, 1.82) is 0 Å². The molecule has 1 aliphatic carbocycles. The fourth-order valence-corrected chi connectivity index (χ4v) is 3.10. The largest absolute Gasteiger partial charge is 0.206 e. The van der Waals surface area contributed by atoms with Crippen molar-refractivity contribution in [2.24, 2.45) is 0 Å². The quantitative estimate of drug-likeness (QED) is 0.680. The molecule has 0 saturated heterocycles. The summed E-state index contributed by atoms with van der Waals surface area (Å²) in [4.78, 5) is 0. The van der Waals surface area contributed by atoms with Crippen LogP contribution < -0.4 is 0 Å². The molecule has 0 aromatic heterocycles. The Hall–Kier alpha value is -1.34. The lowest BCUT2D eigenvalue weighted by atomic mass is 9.98. The van der Waals surface area contributed by atoms with Gasteiger partial charge in [0, 0.05) is 5.56 Å². The molecule has 1 atom stereocenters. The SMILES string of the molecule is Cc1cccc(C(Cl)c2ccc3c(c2)CCC3)c1F. The summed E-state index contributed by atoms with van der Waals surface area (Å²) >= 11 is 6.47. The molecular formula is C17H16ClF. The van der Waals surface area contributed by atoms with Crippen LogP contribution in [0.4, 0.5) is 4.39 Å². The highest BCUT2D eigenvalue weighted by molar-refractivity contribution is 6.22. The van der Waals surface area contributed by atoms with Crippen LogP contribution in [0, 0.1) is 12.7 Å². The molecule has 0 radical (unpaired) electrons. The first-order valence-corrected chi connectivity index (χ1v) is 7.11. The maximum absolute atomic E-state index is 14.1. The van der Waals surface area contributed by atoms with E-state index >= 15 is 0 Å². The molecule has 19 heavy (non-hydrogen) atoms. The standard InChI is InChI=1S/C17H16ClF/c1-11-4-2-7-15(17(11)19)16(18)14-9-8-12-5-3-6-13(12)10-14/h2,4,7-10,16H,3,5-6H2,1H3. The maximum Gasteiger partial charge on any atom is 0.131 e. The van der Waals surface area contributed by atoms with Gasteiger partial charge in [-0.2, -0.15) is 0 Å². The molecule has 0 N–H and O–H groups in total. The van der Waals surface area contributed by atoms with Crippen molar-refractivity contribution in [3.05, 3.63) is 70.0 Å². The van der Waals surface area contributed by atoms with Crippen molar-refractivity contribution in [2.45, 2.75) is 31.6 Å². The van der Waals surface area contributed by atoms with Crippen molar-refractivity contribution in [3.63, 3.8) is 0 Å². The predicted molar refractivity (Wildman–Crippen MR) is 77.3 cm³/mol. The Labute approximate surface area is 118 Å². The van der Waals surface area contributed by atoms with Crippen molar-refractivity contribution in [3.8, 4) is 0 Å². The van der Waals surface area contributed by atoms with Gasteiger partial charge in [-0.1, -0.05) is 36.4 Å². The number of fused-ring (bicyclic) bond motifs is 1. The molecule has 2 aromatic carbocycles. The molecule has 2 heteroatoms. The molecule has 0 bridgehead atoms. The van der Waals surface area contributed by atoms with E-state index in [1.807, 2.05) is 12.1 Å². The third kappa shape index (κ3) is 2.28. The fourth-order valence-electron chi connectivity index (χ4n) is 2.79. The van der Waals surface area contributed by atoms with Gasteiger partial charge < -0.3 is 0 Å². The van der Waals surface area contributed by atoms with Crippen molar-refractivity contribution < 1.29 is 4.39 Å². The van der Waals surface area contributed by atoms with Crippen LogP contribution in [0.25, 0.3) is 0 Å². The lowest BCUT2D eigenvalue weighted by Gasteiger charge is -2.14. The molecule has 1 aliphatic rings. The highest BCUT2D eigenvalue weighted by Crippen LogP contribution is 2.34. The first kappa shape index (κ1) is 12.7. The first-order chi connectivity index (χ1) is 9.16. The molecule has 0 aliphatic heterocycles. The Kier molecular flexibility index (Phi) is 3.32. The summed E-state index contributed by atoms with van der Waals surface area (Å²) in [6.07, 6.45) is 3.48. The smallest absolute Gasteiger partial charge is 0.131 e. The number of benzene rings is 2. The first-order valence-electron chi connectivity index (χ1n) is 6.67. The van der Waals surface area contributed by atoms with Gasteiger partial charge in [0.05, 0.1) is 5.38 Å². The summed E-state index contributed by atoms with van der Waals surface area (Å²) in [5.74, 6) is -0.192. The molecule has 1 unspecified atom stereocenters. The summed E-state index contributed by atoms with van der Waals surface area (Å²) in [5, 5.41) is -0.411. The molecule has 0 nitrogen and oxygen atoms in total. The molecule has 3 rings (SSSR count). The zero-order valence-corrected chi connectivity index (χ0v) is 11.7. The molecule has 0 fully saturated rings. The van der Waals surface area contributed by atoms with Gasteiger partial charge in [0.15, 0.2) is 0 Å². The summed E-state index contributed by atoms with van der Waals surface area (Å²) in [5.41, 5.74) is 4.99. The Morgan fingerprint density at radius 3 is 2.74 bits per heavy atom. The number of alkyl halides is 1. The Morgan fingerprint density at radius 1 is 1.11 bits per heavy atom. The Morgan fingerprint density at radius 2 is 1.89 bits per heavy atom. The van der Waals surface area contributed by atoms with Crippen molar-refractivity contribution in [2.75, 3.05) is 0 Å². The van der Waals surface area contributed by atoms with Crippen LogP contribution in [-0.4, -0.2) is 0 Å². The highest BCUT2D eigenvalue weighted by atomic mass is 35.5. The van der Waals surface area contributed by atoms with E-state index in [4.69, 9.17) is 11.6 Å². The van der Waals surface area contributed by atoms with Gasteiger partial charge in [-0.15, -0.1) is 11.6 Å². The average molecular weight is 275 g/mol. The average Bonchev–Trinajstić information content (AvgIpc) is 2.88. The van der Waals surface area contributed by atoms with E-state index in [2.05, 4.69) is 12.1 Å². The summed E-state index contributed by atoms with van der Waals surface area (Å²) in [6, 6.07) is 11.7. The van der Waals surface area contributed by atoms with E-state index in [0.29, 0.717) is 11.1 Å². The van der Waals surface area contributed by atoms with Crippen LogP contribution >= 0.6 is 11.6 Å². The summed E-state index contributed by atoms with van der Waals surface area (Å²) < 4.78 is 14.1. The Bertz CT molecular complexity index is 619. The normalized spacial score (nSPS) is 15.3. The number of halogens is 2. The minimum atomic E-state index is -0.411. The molecule has 0 heterocycles.